The van der Waals surface area contributed by atoms with Gasteiger partial charge in [-0.15, -0.1) is 10.2 Å². The number of ether oxygens (including phenoxy) is 1. The molecule has 0 saturated carbocycles. The Balaban J connectivity index is 1.50. The van der Waals surface area contributed by atoms with Gasteiger partial charge in [-0.3, -0.25) is 4.79 Å². The summed E-state index contributed by atoms with van der Waals surface area (Å²) >= 11 is 1.24. The van der Waals surface area contributed by atoms with Crippen LogP contribution in [-0.4, -0.2) is 35.0 Å². The van der Waals surface area contributed by atoms with Crippen LogP contribution >= 0.6 is 11.8 Å². The minimum absolute atomic E-state index is 0.0554. The molecule has 0 saturated heterocycles. The van der Waals surface area contributed by atoms with E-state index in [1.165, 1.54) is 17.3 Å². The molecular formula is C20H21N3O3S. The van der Waals surface area contributed by atoms with Crippen LogP contribution in [0.25, 0.3) is 11.5 Å². The van der Waals surface area contributed by atoms with Crippen LogP contribution in [0.1, 0.15) is 12.5 Å². The zero-order valence-electron chi connectivity index (χ0n) is 15.2. The fourth-order valence-electron chi connectivity index (χ4n) is 2.43. The SMILES string of the molecule is COc1ccc(-c2nnc(S[C@H](C)C(=O)NCCc3ccccc3)o2)cc1. The average molecular weight is 383 g/mol. The lowest BCUT2D eigenvalue weighted by Crippen LogP contribution is -2.32. The van der Waals surface area contributed by atoms with Gasteiger partial charge in [0.25, 0.3) is 5.22 Å². The van der Waals surface area contributed by atoms with E-state index in [-0.39, 0.29) is 11.2 Å². The molecule has 27 heavy (non-hydrogen) atoms. The molecule has 0 radical (unpaired) electrons. The van der Waals surface area contributed by atoms with Crippen LogP contribution in [-0.2, 0) is 11.2 Å². The first-order valence-corrected chi connectivity index (χ1v) is 9.50. The maximum Gasteiger partial charge on any atom is 0.277 e. The Morgan fingerprint density at radius 1 is 1.15 bits per heavy atom. The normalized spacial score (nSPS) is 11.8. The maximum atomic E-state index is 12.2. The molecule has 1 aromatic heterocycles. The Labute approximate surface area is 162 Å². The van der Waals surface area contributed by atoms with Gasteiger partial charge in [0, 0.05) is 12.1 Å². The molecule has 6 nitrogen and oxygen atoms in total. The van der Waals surface area contributed by atoms with Crippen molar-refractivity contribution in [2.45, 2.75) is 23.8 Å². The van der Waals surface area contributed by atoms with E-state index in [2.05, 4.69) is 15.5 Å². The molecule has 0 aliphatic carbocycles. The second-order valence-corrected chi connectivity index (χ2v) is 7.18. The van der Waals surface area contributed by atoms with Crippen molar-refractivity contribution in [1.82, 2.24) is 15.5 Å². The molecule has 1 N–H and O–H groups in total. The van der Waals surface area contributed by atoms with Crippen LogP contribution in [0, 0.1) is 0 Å². The van der Waals surface area contributed by atoms with Crippen LogP contribution in [0.5, 0.6) is 5.75 Å². The van der Waals surface area contributed by atoms with Crippen molar-refractivity contribution >= 4 is 17.7 Å². The Hall–Kier alpha value is -2.80. The van der Waals surface area contributed by atoms with Gasteiger partial charge in [0.1, 0.15) is 5.75 Å². The van der Waals surface area contributed by atoms with Crippen LogP contribution in [0.4, 0.5) is 0 Å². The first-order valence-electron chi connectivity index (χ1n) is 8.62. The van der Waals surface area contributed by atoms with Crippen LogP contribution in [0.2, 0.25) is 0 Å². The number of nitrogens with one attached hydrogen (secondary N) is 1. The number of carbonyl (C=O) groups is 1. The van der Waals surface area contributed by atoms with Crippen LogP contribution in [0.3, 0.4) is 0 Å². The molecule has 0 bridgehead atoms. The molecule has 1 heterocycles. The van der Waals surface area contributed by atoms with Crippen molar-refractivity contribution in [3.63, 3.8) is 0 Å². The van der Waals surface area contributed by atoms with Crippen molar-refractivity contribution in [1.29, 1.82) is 0 Å². The molecule has 0 fully saturated rings. The number of amides is 1. The van der Waals surface area contributed by atoms with E-state index in [0.29, 0.717) is 17.7 Å². The van der Waals surface area contributed by atoms with E-state index in [0.717, 1.165) is 17.7 Å². The van der Waals surface area contributed by atoms with Gasteiger partial charge in [-0.2, -0.15) is 0 Å². The van der Waals surface area contributed by atoms with Gasteiger partial charge in [-0.05, 0) is 43.2 Å². The Kier molecular flexibility index (Phi) is 6.49. The van der Waals surface area contributed by atoms with Gasteiger partial charge in [0.2, 0.25) is 11.8 Å². The molecular weight excluding hydrogens is 362 g/mol. The number of methoxy groups -OCH3 is 1. The van der Waals surface area contributed by atoms with Gasteiger partial charge in [-0.25, -0.2) is 0 Å². The Bertz CT molecular complexity index is 866. The van der Waals surface area contributed by atoms with Crippen LogP contribution in [0.15, 0.2) is 64.2 Å². The highest BCUT2D eigenvalue weighted by Gasteiger charge is 2.18. The van der Waals surface area contributed by atoms with E-state index in [4.69, 9.17) is 9.15 Å². The largest absolute Gasteiger partial charge is 0.497 e. The molecule has 2 aromatic carbocycles. The van der Waals surface area contributed by atoms with E-state index in [9.17, 15) is 4.79 Å². The quantitative estimate of drug-likeness (QED) is 0.599. The van der Waals surface area contributed by atoms with Crippen molar-refractivity contribution in [2.75, 3.05) is 13.7 Å². The summed E-state index contributed by atoms with van der Waals surface area (Å²) in [5, 5.41) is 11.0. The lowest BCUT2D eigenvalue weighted by Gasteiger charge is -2.09. The van der Waals surface area contributed by atoms with E-state index in [1.54, 1.807) is 7.11 Å². The molecule has 0 aliphatic rings. The summed E-state index contributed by atoms with van der Waals surface area (Å²) in [6, 6.07) is 17.4. The second kappa shape index (κ2) is 9.23. The number of carbonyl (C=O) groups excluding carboxylic acids is 1. The predicted octanol–water partition coefficient (Wildman–Crippen LogP) is 3.58. The van der Waals surface area contributed by atoms with Gasteiger partial charge in [0.15, 0.2) is 0 Å². The number of thioether (sulfide) groups is 1. The monoisotopic (exact) mass is 383 g/mol. The van der Waals surface area contributed by atoms with Crippen LogP contribution < -0.4 is 10.1 Å². The van der Waals surface area contributed by atoms with E-state index >= 15 is 0 Å². The summed E-state index contributed by atoms with van der Waals surface area (Å²) in [5.41, 5.74) is 1.99. The van der Waals surface area contributed by atoms with Crippen molar-refractivity contribution < 1.29 is 13.9 Å². The summed E-state index contributed by atoms with van der Waals surface area (Å²) in [6.07, 6.45) is 0.798. The standard InChI is InChI=1S/C20H21N3O3S/c1-14(18(24)21-13-12-15-6-4-3-5-7-15)27-20-23-22-19(26-20)16-8-10-17(25-2)11-9-16/h3-11,14H,12-13H2,1-2H3,(H,21,24)/t14-/m1/s1. The van der Waals surface area contributed by atoms with Gasteiger partial charge in [0.05, 0.1) is 12.4 Å². The first kappa shape index (κ1) is 19.0. The summed E-state index contributed by atoms with van der Waals surface area (Å²) in [5.74, 6) is 1.12. The van der Waals surface area contributed by atoms with Gasteiger partial charge in [-0.1, -0.05) is 42.1 Å². The smallest absolute Gasteiger partial charge is 0.277 e. The molecule has 3 rings (SSSR count). The number of aromatic nitrogens is 2. The number of nitrogens with zero attached hydrogens (tertiary/aromatic N) is 2. The zero-order valence-corrected chi connectivity index (χ0v) is 16.0. The summed E-state index contributed by atoms with van der Waals surface area (Å²) in [4.78, 5) is 12.2. The molecule has 1 amide bonds. The third-order valence-corrected chi connectivity index (χ3v) is 4.88. The Morgan fingerprint density at radius 2 is 1.89 bits per heavy atom. The van der Waals surface area contributed by atoms with E-state index in [1.807, 2.05) is 61.5 Å². The predicted molar refractivity (Wildman–Crippen MR) is 105 cm³/mol. The number of benzene rings is 2. The zero-order chi connectivity index (χ0) is 19.1. The van der Waals surface area contributed by atoms with Gasteiger partial charge < -0.3 is 14.5 Å². The first-order chi connectivity index (χ1) is 13.2. The topological polar surface area (TPSA) is 77.2 Å². The molecule has 0 unspecified atom stereocenters. The number of hydrogen-bond acceptors (Lipinski definition) is 6. The fraction of sp³-hybridized carbons (Fsp3) is 0.250. The Morgan fingerprint density at radius 3 is 2.59 bits per heavy atom. The molecule has 7 heteroatoms. The second-order valence-electron chi connectivity index (χ2n) is 5.89. The lowest BCUT2D eigenvalue weighted by atomic mass is 10.1. The molecule has 0 aliphatic heterocycles. The fourth-order valence-corrected chi connectivity index (χ4v) is 3.14. The van der Waals surface area contributed by atoms with Crippen molar-refractivity contribution in [3.05, 3.63) is 60.2 Å². The summed E-state index contributed by atoms with van der Waals surface area (Å²) in [7, 11) is 1.61. The minimum Gasteiger partial charge on any atom is -0.497 e. The highest BCUT2D eigenvalue weighted by molar-refractivity contribution is 8.00. The molecule has 3 aromatic rings. The van der Waals surface area contributed by atoms with E-state index < -0.39 is 0 Å². The van der Waals surface area contributed by atoms with Gasteiger partial charge >= 0.3 is 0 Å². The third kappa shape index (κ3) is 5.34. The molecule has 140 valence electrons. The summed E-state index contributed by atoms with van der Waals surface area (Å²) in [6.45, 7) is 2.41. The number of rotatable bonds is 8. The van der Waals surface area contributed by atoms with Crippen molar-refractivity contribution in [3.8, 4) is 17.2 Å². The number of hydrogen-bond donors (Lipinski definition) is 1. The lowest BCUT2D eigenvalue weighted by molar-refractivity contribution is -0.120. The molecule has 1 atom stereocenters. The summed E-state index contributed by atoms with van der Waals surface area (Å²) < 4.78 is 10.8. The molecule has 0 spiro atoms. The maximum absolute atomic E-state index is 12.2. The minimum atomic E-state index is -0.329. The van der Waals surface area contributed by atoms with Crippen molar-refractivity contribution in [2.24, 2.45) is 0 Å². The average Bonchev–Trinajstić information content (AvgIpc) is 3.17. The third-order valence-electron chi connectivity index (χ3n) is 3.95. The highest BCUT2D eigenvalue weighted by Crippen LogP contribution is 2.27. The highest BCUT2D eigenvalue weighted by atomic mass is 32.2.